The van der Waals surface area contributed by atoms with Gasteiger partial charge in [0.25, 0.3) is 11.5 Å². The summed E-state index contributed by atoms with van der Waals surface area (Å²) in [7, 11) is 1.72. The number of carbonyl (C=O) groups excluding carboxylic acids is 2. The lowest BCUT2D eigenvalue weighted by atomic mass is 9.95. The van der Waals surface area contributed by atoms with Crippen LogP contribution in [0.25, 0.3) is 0 Å². The summed E-state index contributed by atoms with van der Waals surface area (Å²) < 4.78 is 1.57. The predicted octanol–water partition coefficient (Wildman–Crippen LogP) is 1.89. The molecule has 7 heteroatoms. The molecule has 0 bridgehead atoms. The quantitative estimate of drug-likeness (QED) is 0.734. The normalized spacial score (nSPS) is 13.3. The number of aliphatic hydroxyl groups is 1. The zero-order chi connectivity index (χ0) is 22.5. The Labute approximate surface area is 182 Å². The Balaban J connectivity index is 2.05. The lowest BCUT2D eigenvalue weighted by molar-refractivity contribution is -0.132. The van der Waals surface area contributed by atoms with Gasteiger partial charge in [-0.3, -0.25) is 14.4 Å². The highest BCUT2D eigenvalue weighted by molar-refractivity contribution is 5.95. The number of aliphatic hydroxyl groups excluding tert-OH is 1. The molecule has 0 atom stereocenters. The van der Waals surface area contributed by atoms with Gasteiger partial charge in [-0.05, 0) is 29.0 Å². The molecule has 0 radical (unpaired) electrons. The number of pyridine rings is 1. The van der Waals surface area contributed by atoms with Crippen molar-refractivity contribution < 1.29 is 14.7 Å². The van der Waals surface area contributed by atoms with Crippen LogP contribution in [0.2, 0.25) is 0 Å². The van der Waals surface area contributed by atoms with Gasteiger partial charge < -0.3 is 19.5 Å². The van der Waals surface area contributed by atoms with E-state index in [0.717, 1.165) is 16.7 Å². The highest BCUT2D eigenvalue weighted by atomic mass is 16.3. The van der Waals surface area contributed by atoms with Crippen molar-refractivity contribution in [3.8, 4) is 0 Å². The maximum atomic E-state index is 13.4. The molecule has 2 amide bonds. The fourth-order valence-electron chi connectivity index (χ4n) is 4.12. The summed E-state index contributed by atoms with van der Waals surface area (Å²) in [6.45, 7) is 5.54. The van der Waals surface area contributed by atoms with E-state index < -0.39 is 0 Å². The average Bonchev–Trinajstić information content (AvgIpc) is 2.74. The van der Waals surface area contributed by atoms with Gasteiger partial charge >= 0.3 is 0 Å². The first-order chi connectivity index (χ1) is 14.8. The Bertz CT molecular complexity index is 998. The number of fused-ring (bicyclic) bond motifs is 1. The first kappa shape index (κ1) is 22.7. The molecule has 0 saturated carbocycles. The molecule has 3 rings (SSSR count). The van der Waals surface area contributed by atoms with E-state index in [1.807, 2.05) is 44.2 Å². The van der Waals surface area contributed by atoms with Gasteiger partial charge in [0.15, 0.2) is 0 Å². The maximum Gasteiger partial charge on any atom is 0.264 e. The van der Waals surface area contributed by atoms with E-state index in [-0.39, 0.29) is 41.9 Å². The third kappa shape index (κ3) is 5.22. The van der Waals surface area contributed by atoms with Crippen molar-refractivity contribution in [1.82, 2.24) is 14.4 Å². The van der Waals surface area contributed by atoms with Crippen LogP contribution < -0.4 is 5.56 Å². The summed E-state index contributed by atoms with van der Waals surface area (Å²) in [5.74, 6) is -0.113. The Morgan fingerprint density at radius 1 is 1.19 bits per heavy atom. The predicted molar refractivity (Wildman–Crippen MR) is 119 cm³/mol. The lowest BCUT2D eigenvalue weighted by Gasteiger charge is -2.31. The Morgan fingerprint density at radius 3 is 2.55 bits per heavy atom. The van der Waals surface area contributed by atoms with Crippen LogP contribution in [0, 0.1) is 5.92 Å². The summed E-state index contributed by atoms with van der Waals surface area (Å²) in [5, 5.41) is 9.11. The zero-order valence-electron chi connectivity index (χ0n) is 18.5. The van der Waals surface area contributed by atoms with Gasteiger partial charge in [0.2, 0.25) is 5.91 Å². The van der Waals surface area contributed by atoms with Gasteiger partial charge in [0.05, 0.1) is 13.2 Å². The largest absolute Gasteiger partial charge is 0.396 e. The standard InChI is InChI=1S/C24H31N3O4/c1-17(2)13-25(3)23(30)22-20-9-11-26(21(29)10-12-28)15-19(20)16-27(24(22)31)14-18-7-5-4-6-8-18/h4-8,16-17,28H,9-15H2,1-3H3. The average molecular weight is 426 g/mol. The van der Waals surface area contributed by atoms with Crippen molar-refractivity contribution in [2.45, 2.75) is 39.8 Å². The number of carbonyl (C=O) groups is 2. The molecule has 7 nitrogen and oxygen atoms in total. The number of aromatic nitrogens is 1. The van der Waals surface area contributed by atoms with Crippen LogP contribution in [-0.4, -0.2) is 58.0 Å². The Hall–Kier alpha value is -2.93. The maximum absolute atomic E-state index is 13.4. The summed E-state index contributed by atoms with van der Waals surface area (Å²) in [6, 6.07) is 9.62. The third-order valence-electron chi connectivity index (χ3n) is 5.54. The molecule has 0 spiro atoms. The van der Waals surface area contributed by atoms with E-state index in [2.05, 4.69) is 0 Å². The molecular weight excluding hydrogens is 394 g/mol. The van der Waals surface area contributed by atoms with E-state index in [4.69, 9.17) is 5.11 Å². The minimum Gasteiger partial charge on any atom is -0.396 e. The summed E-state index contributed by atoms with van der Waals surface area (Å²) in [5.41, 5.74) is 2.43. The lowest BCUT2D eigenvalue weighted by Crippen LogP contribution is -2.42. The summed E-state index contributed by atoms with van der Waals surface area (Å²) >= 11 is 0. The molecule has 0 aliphatic carbocycles. The van der Waals surface area contributed by atoms with Crippen molar-refractivity contribution in [3.63, 3.8) is 0 Å². The molecule has 2 heterocycles. The van der Waals surface area contributed by atoms with E-state index in [1.165, 1.54) is 0 Å². The van der Waals surface area contributed by atoms with E-state index in [0.29, 0.717) is 32.6 Å². The molecule has 1 aliphatic rings. The SMILES string of the molecule is CC(C)CN(C)C(=O)c1c2c(cn(Cc3ccccc3)c1=O)CN(C(=O)CCO)CC2. The van der Waals surface area contributed by atoms with E-state index in [1.54, 1.807) is 27.6 Å². The van der Waals surface area contributed by atoms with Crippen LogP contribution in [0.15, 0.2) is 41.3 Å². The highest BCUT2D eigenvalue weighted by Crippen LogP contribution is 2.23. The molecule has 1 aliphatic heterocycles. The molecule has 1 aromatic heterocycles. The molecule has 1 N–H and O–H groups in total. The van der Waals surface area contributed by atoms with Gasteiger partial charge in [0.1, 0.15) is 5.56 Å². The molecule has 0 unspecified atom stereocenters. The second-order valence-electron chi connectivity index (χ2n) is 8.54. The van der Waals surface area contributed by atoms with Gasteiger partial charge in [0, 0.05) is 39.3 Å². The molecule has 1 aromatic carbocycles. The minimum absolute atomic E-state index is 0.0713. The van der Waals surface area contributed by atoms with Crippen molar-refractivity contribution in [2.75, 3.05) is 26.7 Å². The summed E-state index contributed by atoms with van der Waals surface area (Å²) in [6.07, 6.45) is 2.30. The number of amides is 2. The van der Waals surface area contributed by atoms with Crippen molar-refractivity contribution in [1.29, 1.82) is 0 Å². The number of nitrogens with zero attached hydrogens (tertiary/aromatic N) is 3. The Morgan fingerprint density at radius 2 is 1.90 bits per heavy atom. The monoisotopic (exact) mass is 425 g/mol. The fourth-order valence-corrected chi connectivity index (χ4v) is 4.12. The van der Waals surface area contributed by atoms with Crippen molar-refractivity contribution in [3.05, 3.63) is 69.1 Å². The van der Waals surface area contributed by atoms with Crippen molar-refractivity contribution >= 4 is 11.8 Å². The fraction of sp³-hybridized carbons (Fsp3) is 0.458. The summed E-state index contributed by atoms with van der Waals surface area (Å²) in [4.78, 5) is 42.3. The van der Waals surface area contributed by atoms with Gasteiger partial charge in [-0.1, -0.05) is 44.2 Å². The minimum atomic E-state index is -0.293. The van der Waals surface area contributed by atoms with Crippen LogP contribution >= 0.6 is 0 Å². The molecule has 166 valence electrons. The second kappa shape index (κ2) is 9.92. The number of rotatable bonds is 7. The van der Waals surface area contributed by atoms with Crippen LogP contribution in [0.4, 0.5) is 0 Å². The number of hydrogen-bond donors (Lipinski definition) is 1. The number of hydrogen-bond acceptors (Lipinski definition) is 4. The Kier molecular flexibility index (Phi) is 7.28. The zero-order valence-corrected chi connectivity index (χ0v) is 18.5. The first-order valence-corrected chi connectivity index (χ1v) is 10.7. The van der Waals surface area contributed by atoms with Gasteiger partial charge in [-0.2, -0.15) is 0 Å². The molecule has 31 heavy (non-hydrogen) atoms. The number of benzene rings is 1. The molecule has 0 saturated heterocycles. The van der Waals surface area contributed by atoms with Crippen molar-refractivity contribution in [2.24, 2.45) is 5.92 Å². The van der Waals surface area contributed by atoms with E-state index >= 15 is 0 Å². The molecule has 2 aromatic rings. The van der Waals surface area contributed by atoms with Crippen LogP contribution in [0.5, 0.6) is 0 Å². The topological polar surface area (TPSA) is 82.9 Å². The van der Waals surface area contributed by atoms with Crippen LogP contribution in [-0.2, 0) is 24.3 Å². The second-order valence-corrected chi connectivity index (χ2v) is 8.54. The van der Waals surface area contributed by atoms with Gasteiger partial charge in [-0.25, -0.2) is 0 Å². The highest BCUT2D eigenvalue weighted by Gasteiger charge is 2.29. The van der Waals surface area contributed by atoms with Gasteiger partial charge in [-0.15, -0.1) is 0 Å². The smallest absolute Gasteiger partial charge is 0.264 e. The first-order valence-electron chi connectivity index (χ1n) is 10.7. The van der Waals surface area contributed by atoms with Crippen LogP contribution in [0.3, 0.4) is 0 Å². The van der Waals surface area contributed by atoms with E-state index in [9.17, 15) is 14.4 Å². The molecular formula is C24H31N3O4. The third-order valence-corrected chi connectivity index (χ3v) is 5.54. The van der Waals surface area contributed by atoms with Crippen LogP contribution in [0.1, 0.15) is 47.3 Å². The molecule has 0 fully saturated rings.